The number of hydrogen-bond acceptors (Lipinski definition) is 5. The fraction of sp³-hybridized carbons (Fsp3) is 0.222. The number of thiazole rings is 1. The van der Waals surface area contributed by atoms with Gasteiger partial charge in [0.15, 0.2) is 5.76 Å². The molecule has 0 aliphatic heterocycles. The van der Waals surface area contributed by atoms with Crippen molar-refractivity contribution >= 4 is 17.2 Å². The Balaban J connectivity index is 1.59. The van der Waals surface area contributed by atoms with Crippen LogP contribution < -0.4 is 10.1 Å². The number of amides is 1. The SMILES string of the molecule is Cc1nc(CNC(=O)c2oc(COc3ccccc3)cc2C)cs1. The van der Waals surface area contributed by atoms with E-state index in [1.807, 2.05) is 55.6 Å². The van der Waals surface area contributed by atoms with Crippen LogP contribution in [0.1, 0.15) is 32.6 Å². The van der Waals surface area contributed by atoms with Gasteiger partial charge in [0.25, 0.3) is 5.91 Å². The number of benzene rings is 1. The Labute approximate surface area is 144 Å². The van der Waals surface area contributed by atoms with Gasteiger partial charge in [-0.1, -0.05) is 18.2 Å². The van der Waals surface area contributed by atoms with Gasteiger partial charge in [-0.2, -0.15) is 0 Å². The molecule has 0 aliphatic carbocycles. The molecule has 2 aromatic heterocycles. The van der Waals surface area contributed by atoms with Gasteiger partial charge in [-0.25, -0.2) is 4.98 Å². The van der Waals surface area contributed by atoms with E-state index in [1.54, 1.807) is 11.3 Å². The summed E-state index contributed by atoms with van der Waals surface area (Å²) in [5, 5.41) is 5.74. The molecule has 0 radical (unpaired) electrons. The zero-order chi connectivity index (χ0) is 16.9. The van der Waals surface area contributed by atoms with Crippen LogP contribution in [0.2, 0.25) is 0 Å². The molecule has 6 heteroatoms. The minimum absolute atomic E-state index is 0.246. The van der Waals surface area contributed by atoms with Gasteiger partial charge >= 0.3 is 0 Å². The quantitative estimate of drug-likeness (QED) is 0.739. The third-order valence-electron chi connectivity index (χ3n) is 3.40. The van der Waals surface area contributed by atoms with Gasteiger partial charge in [0.1, 0.15) is 18.1 Å². The lowest BCUT2D eigenvalue weighted by atomic mass is 10.2. The number of rotatable bonds is 6. The Hall–Kier alpha value is -2.60. The molecule has 24 heavy (non-hydrogen) atoms. The first-order chi connectivity index (χ1) is 11.6. The first-order valence-electron chi connectivity index (χ1n) is 7.58. The third-order valence-corrected chi connectivity index (χ3v) is 4.22. The first-order valence-corrected chi connectivity index (χ1v) is 8.46. The molecule has 0 saturated carbocycles. The number of ether oxygens (including phenoxy) is 1. The summed E-state index contributed by atoms with van der Waals surface area (Å²) >= 11 is 1.56. The van der Waals surface area contributed by atoms with Crippen LogP contribution in [0.5, 0.6) is 5.75 Å². The van der Waals surface area contributed by atoms with Crippen LogP contribution in [0.15, 0.2) is 46.2 Å². The smallest absolute Gasteiger partial charge is 0.287 e. The van der Waals surface area contributed by atoms with E-state index < -0.39 is 0 Å². The van der Waals surface area contributed by atoms with Crippen LogP contribution in [-0.2, 0) is 13.2 Å². The number of carbonyl (C=O) groups excluding carboxylic acids is 1. The molecule has 0 unspecified atom stereocenters. The standard InChI is InChI=1S/C18H18N2O3S/c1-12-8-16(10-22-15-6-4-3-5-7-15)23-17(12)18(21)19-9-14-11-24-13(2)20-14/h3-8,11H,9-10H2,1-2H3,(H,19,21). The molecule has 1 N–H and O–H groups in total. The van der Waals surface area contributed by atoms with Gasteiger partial charge in [0, 0.05) is 10.9 Å². The molecule has 0 fully saturated rings. The average molecular weight is 342 g/mol. The monoisotopic (exact) mass is 342 g/mol. The van der Waals surface area contributed by atoms with E-state index in [0.29, 0.717) is 18.1 Å². The molecule has 124 valence electrons. The van der Waals surface area contributed by atoms with E-state index in [9.17, 15) is 4.79 Å². The van der Waals surface area contributed by atoms with Crippen molar-refractivity contribution in [2.75, 3.05) is 0 Å². The second-order valence-corrected chi connectivity index (χ2v) is 6.43. The van der Waals surface area contributed by atoms with Gasteiger partial charge < -0.3 is 14.5 Å². The Bertz CT molecular complexity index is 824. The molecule has 0 bridgehead atoms. The maximum absolute atomic E-state index is 12.3. The molecule has 3 aromatic rings. The Morgan fingerprint density at radius 3 is 2.79 bits per heavy atom. The normalized spacial score (nSPS) is 10.6. The van der Waals surface area contributed by atoms with Crippen molar-refractivity contribution in [3.8, 4) is 5.75 Å². The van der Waals surface area contributed by atoms with Gasteiger partial charge in [0.05, 0.1) is 17.2 Å². The highest BCUT2D eigenvalue weighted by molar-refractivity contribution is 7.09. The number of carbonyl (C=O) groups is 1. The van der Waals surface area contributed by atoms with Crippen molar-refractivity contribution < 1.29 is 13.9 Å². The molecular weight excluding hydrogens is 324 g/mol. The fourth-order valence-corrected chi connectivity index (χ4v) is 2.87. The summed E-state index contributed by atoms with van der Waals surface area (Å²) in [5.41, 5.74) is 1.64. The van der Waals surface area contributed by atoms with Crippen LogP contribution in [0.25, 0.3) is 0 Å². The fourth-order valence-electron chi connectivity index (χ4n) is 2.26. The topological polar surface area (TPSA) is 64.4 Å². The summed E-state index contributed by atoms with van der Waals surface area (Å²) in [6, 6.07) is 11.3. The summed E-state index contributed by atoms with van der Waals surface area (Å²) < 4.78 is 11.3. The first kappa shape index (κ1) is 16.3. The maximum atomic E-state index is 12.3. The molecule has 0 atom stereocenters. The van der Waals surface area contributed by atoms with Gasteiger partial charge in [-0.15, -0.1) is 11.3 Å². The number of nitrogens with one attached hydrogen (secondary N) is 1. The predicted molar refractivity (Wildman–Crippen MR) is 92.2 cm³/mol. The van der Waals surface area contributed by atoms with Crippen LogP contribution in [0.4, 0.5) is 0 Å². The number of aromatic nitrogens is 1. The van der Waals surface area contributed by atoms with Crippen molar-refractivity contribution in [1.29, 1.82) is 0 Å². The summed E-state index contributed by atoms with van der Waals surface area (Å²) in [6.07, 6.45) is 0. The van der Waals surface area contributed by atoms with Crippen LogP contribution >= 0.6 is 11.3 Å². The number of furan rings is 1. The minimum atomic E-state index is -0.246. The van der Waals surface area contributed by atoms with Crippen molar-refractivity contribution in [3.05, 3.63) is 69.6 Å². The third kappa shape index (κ3) is 4.02. The van der Waals surface area contributed by atoms with E-state index in [0.717, 1.165) is 22.0 Å². The summed E-state index contributed by atoms with van der Waals surface area (Å²) in [4.78, 5) is 16.6. The lowest BCUT2D eigenvalue weighted by molar-refractivity contribution is 0.0917. The Morgan fingerprint density at radius 2 is 2.08 bits per heavy atom. The number of para-hydroxylation sites is 1. The molecule has 2 heterocycles. The molecular formula is C18H18N2O3S. The molecule has 0 spiro atoms. The summed E-state index contributed by atoms with van der Waals surface area (Å²) in [5.74, 6) is 1.44. The lowest BCUT2D eigenvalue weighted by Crippen LogP contribution is -2.23. The summed E-state index contributed by atoms with van der Waals surface area (Å²) in [7, 11) is 0. The van der Waals surface area contributed by atoms with Crippen molar-refractivity contribution in [2.45, 2.75) is 27.0 Å². The average Bonchev–Trinajstić information content (AvgIpc) is 3.17. The van der Waals surface area contributed by atoms with Crippen LogP contribution in [0, 0.1) is 13.8 Å². The van der Waals surface area contributed by atoms with Gasteiger partial charge in [-0.3, -0.25) is 4.79 Å². The highest BCUT2D eigenvalue weighted by Gasteiger charge is 2.16. The highest BCUT2D eigenvalue weighted by atomic mass is 32.1. The highest BCUT2D eigenvalue weighted by Crippen LogP contribution is 2.18. The summed E-state index contributed by atoms with van der Waals surface area (Å²) in [6.45, 7) is 4.45. The molecule has 0 aliphatic rings. The second kappa shape index (κ2) is 7.31. The second-order valence-electron chi connectivity index (χ2n) is 5.37. The van der Waals surface area contributed by atoms with E-state index in [-0.39, 0.29) is 12.5 Å². The van der Waals surface area contributed by atoms with E-state index in [2.05, 4.69) is 10.3 Å². The number of aryl methyl sites for hydroxylation is 2. The lowest BCUT2D eigenvalue weighted by Gasteiger charge is -2.03. The molecule has 1 aromatic carbocycles. The minimum Gasteiger partial charge on any atom is -0.486 e. The van der Waals surface area contributed by atoms with Gasteiger partial charge in [0.2, 0.25) is 0 Å². The van der Waals surface area contributed by atoms with Crippen molar-refractivity contribution in [3.63, 3.8) is 0 Å². The van der Waals surface area contributed by atoms with E-state index >= 15 is 0 Å². The van der Waals surface area contributed by atoms with Crippen molar-refractivity contribution in [1.82, 2.24) is 10.3 Å². The molecule has 5 nitrogen and oxygen atoms in total. The van der Waals surface area contributed by atoms with Gasteiger partial charge in [-0.05, 0) is 32.0 Å². The Morgan fingerprint density at radius 1 is 1.29 bits per heavy atom. The van der Waals surface area contributed by atoms with Crippen molar-refractivity contribution in [2.24, 2.45) is 0 Å². The van der Waals surface area contributed by atoms with E-state index in [1.165, 1.54) is 0 Å². The zero-order valence-electron chi connectivity index (χ0n) is 13.5. The molecule has 0 saturated heterocycles. The zero-order valence-corrected chi connectivity index (χ0v) is 14.4. The largest absolute Gasteiger partial charge is 0.486 e. The maximum Gasteiger partial charge on any atom is 0.287 e. The van der Waals surface area contributed by atoms with Crippen LogP contribution in [0.3, 0.4) is 0 Å². The van der Waals surface area contributed by atoms with E-state index in [4.69, 9.17) is 9.15 Å². The number of hydrogen-bond donors (Lipinski definition) is 1. The predicted octanol–water partition coefficient (Wildman–Crippen LogP) is 3.86. The Kier molecular flexibility index (Phi) is 4.96. The number of nitrogens with zero attached hydrogens (tertiary/aromatic N) is 1. The molecule has 3 rings (SSSR count). The van der Waals surface area contributed by atoms with Crippen LogP contribution in [-0.4, -0.2) is 10.9 Å². The molecule has 1 amide bonds.